The maximum absolute atomic E-state index is 9.98. The van der Waals surface area contributed by atoms with E-state index in [0.29, 0.717) is 0 Å². The quantitative estimate of drug-likeness (QED) is 0.806. The number of hydrogen-bond acceptors (Lipinski definition) is 2. The molecule has 1 N–H and O–H groups in total. The lowest BCUT2D eigenvalue weighted by Crippen LogP contribution is -1.90. The average Bonchev–Trinajstić information content (AvgIpc) is 2.65. The number of rotatable bonds is 3. The number of benzene rings is 1. The zero-order valence-electron chi connectivity index (χ0n) is 10.1. The van der Waals surface area contributed by atoms with Gasteiger partial charge in [-0.15, -0.1) is 0 Å². The van der Waals surface area contributed by atoms with Gasteiger partial charge < -0.3 is 9.67 Å². The summed E-state index contributed by atoms with van der Waals surface area (Å²) in [6.07, 6.45) is 1.71. The number of aromatic nitrogens is 1. The Morgan fingerprint density at radius 3 is 2.65 bits per heavy atom. The molecular formula is C14H16N2O. The van der Waals surface area contributed by atoms with Crippen LogP contribution in [0.1, 0.15) is 12.5 Å². The predicted molar refractivity (Wildman–Crippen MR) is 70.6 cm³/mol. The summed E-state index contributed by atoms with van der Waals surface area (Å²) in [4.78, 5) is 4.15. The first-order valence-electron chi connectivity index (χ1n) is 5.68. The monoisotopic (exact) mass is 228 g/mol. The van der Waals surface area contributed by atoms with Crippen LogP contribution in [0.15, 0.2) is 41.4 Å². The number of aromatic hydroxyl groups is 1. The summed E-state index contributed by atoms with van der Waals surface area (Å²) in [7, 11) is 1.85. The van der Waals surface area contributed by atoms with Crippen LogP contribution in [0.3, 0.4) is 0 Å². The van der Waals surface area contributed by atoms with E-state index in [2.05, 4.69) is 4.99 Å². The zero-order chi connectivity index (χ0) is 12.3. The Balaban J connectivity index is 2.47. The normalized spacial score (nSPS) is 11.2. The Morgan fingerprint density at radius 1 is 1.29 bits per heavy atom. The van der Waals surface area contributed by atoms with Crippen LogP contribution >= 0.6 is 0 Å². The van der Waals surface area contributed by atoms with Gasteiger partial charge in [0.05, 0.1) is 11.3 Å². The summed E-state index contributed by atoms with van der Waals surface area (Å²) in [6.45, 7) is 2.68. The SMILES string of the molecule is CCN=Cc1cc(-c2ccccc2)n(C)c1O. The van der Waals surface area contributed by atoms with Gasteiger partial charge in [-0.3, -0.25) is 4.99 Å². The van der Waals surface area contributed by atoms with E-state index in [9.17, 15) is 5.11 Å². The van der Waals surface area contributed by atoms with E-state index < -0.39 is 0 Å². The fourth-order valence-corrected chi connectivity index (χ4v) is 1.79. The van der Waals surface area contributed by atoms with E-state index in [1.54, 1.807) is 10.8 Å². The van der Waals surface area contributed by atoms with Crippen molar-refractivity contribution in [3.05, 3.63) is 42.0 Å². The molecule has 1 aromatic heterocycles. The van der Waals surface area contributed by atoms with Gasteiger partial charge in [-0.05, 0) is 18.6 Å². The second kappa shape index (κ2) is 4.87. The number of aliphatic imine (C=N–C) groups is 1. The van der Waals surface area contributed by atoms with Crippen molar-refractivity contribution < 1.29 is 5.11 Å². The van der Waals surface area contributed by atoms with Crippen molar-refractivity contribution >= 4 is 6.21 Å². The summed E-state index contributed by atoms with van der Waals surface area (Å²) in [5, 5.41) is 9.98. The molecular weight excluding hydrogens is 212 g/mol. The smallest absolute Gasteiger partial charge is 0.200 e. The Bertz CT molecular complexity index is 527. The molecule has 2 aromatic rings. The summed E-state index contributed by atoms with van der Waals surface area (Å²) in [6, 6.07) is 11.9. The highest BCUT2D eigenvalue weighted by atomic mass is 16.3. The largest absolute Gasteiger partial charge is 0.494 e. The molecule has 3 heteroatoms. The van der Waals surface area contributed by atoms with Crippen LogP contribution in [0.4, 0.5) is 0 Å². The van der Waals surface area contributed by atoms with E-state index in [1.165, 1.54) is 0 Å². The number of hydrogen-bond donors (Lipinski definition) is 1. The average molecular weight is 228 g/mol. The van der Waals surface area contributed by atoms with Gasteiger partial charge in [-0.1, -0.05) is 30.3 Å². The topological polar surface area (TPSA) is 37.5 Å². The lowest BCUT2D eigenvalue weighted by Gasteiger charge is -2.03. The van der Waals surface area contributed by atoms with Crippen LogP contribution in [0.2, 0.25) is 0 Å². The lowest BCUT2D eigenvalue weighted by molar-refractivity contribution is 0.432. The molecule has 2 rings (SSSR count). The standard InChI is InChI=1S/C14H16N2O/c1-3-15-10-12-9-13(16(2)14(12)17)11-7-5-4-6-8-11/h4-10,17H,3H2,1-2H3. The summed E-state index contributed by atoms with van der Waals surface area (Å²) >= 11 is 0. The first-order valence-corrected chi connectivity index (χ1v) is 5.68. The van der Waals surface area contributed by atoms with Crippen LogP contribution in [0, 0.1) is 0 Å². The van der Waals surface area contributed by atoms with Gasteiger partial charge in [0.2, 0.25) is 0 Å². The molecule has 0 aliphatic heterocycles. The van der Waals surface area contributed by atoms with Crippen molar-refractivity contribution in [3.63, 3.8) is 0 Å². The molecule has 0 radical (unpaired) electrons. The molecule has 1 heterocycles. The second-order valence-corrected chi connectivity index (χ2v) is 3.86. The number of nitrogens with zero attached hydrogens (tertiary/aromatic N) is 2. The Hall–Kier alpha value is -2.03. The van der Waals surface area contributed by atoms with Gasteiger partial charge in [-0.2, -0.15) is 0 Å². The molecule has 0 atom stereocenters. The Labute approximate surface area is 101 Å². The van der Waals surface area contributed by atoms with Gasteiger partial charge >= 0.3 is 0 Å². The van der Waals surface area contributed by atoms with Crippen LogP contribution < -0.4 is 0 Å². The second-order valence-electron chi connectivity index (χ2n) is 3.86. The van der Waals surface area contributed by atoms with Crippen molar-refractivity contribution in [3.8, 4) is 17.1 Å². The molecule has 0 unspecified atom stereocenters. The van der Waals surface area contributed by atoms with Crippen LogP contribution in [-0.2, 0) is 7.05 Å². The molecule has 3 nitrogen and oxygen atoms in total. The fourth-order valence-electron chi connectivity index (χ4n) is 1.79. The van der Waals surface area contributed by atoms with E-state index in [0.717, 1.165) is 23.4 Å². The van der Waals surface area contributed by atoms with Gasteiger partial charge in [-0.25, -0.2) is 0 Å². The first-order chi connectivity index (χ1) is 8.24. The van der Waals surface area contributed by atoms with Crippen molar-refractivity contribution in [1.29, 1.82) is 0 Å². The highest BCUT2D eigenvalue weighted by Crippen LogP contribution is 2.27. The lowest BCUT2D eigenvalue weighted by atomic mass is 10.1. The highest BCUT2D eigenvalue weighted by Gasteiger charge is 2.10. The molecule has 17 heavy (non-hydrogen) atoms. The van der Waals surface area contributed by atoms with Crippen molar-refractivity contribution in [2.45, 2.75) is 6.92 Å². The molecule has 0 aliphatic rings. The third kappa shape index (κ3) is 2.23. The van der Waals surface area contributed by atoms with Crippen molar-refractivity contribution in [2.75, 3.05) is 6.54 Å². The molecule has 1 aromatic carbocycles. The van der Waals surface area contributed by atoms with Gasteiger partial charge in [0.15, 0.2) is 5.88 Å². The minimum Gasteiger partial charge on any atom is -0.494 e. The van der Waals surface area contributed by atoms with Gasteiger partial charge in [0.25, 0.3) is 0 Å². The van der Waals surface area contributed by atoms with Gasteiger partial charge in [0.1, 0.15) is 0 Å². The fraction of sp³-hybridized carbons (Fsp3) is 0.214. The molecule has 0 fully saturated rings. The summed E-state index contributed by atoms with van der Waals surface area (Å²) < 4.78 is 1.77. The molecule has 0 aliphatic carbocycles. The van der Waals surface area contributed by atoms with E-state index >= 15 is 0 Å². The zero-order valence-corrected chi connectivity index (χ0v) is 10.1. The van der Waals surface area contributed by atoms with Crippen LogP contribution in [-0.4, -0.2) is 22.4 Å². The molecule has 88 valence electrons. The molecule has 0 amide bonds. The minimum absolute atomic E-state index is 0.251. The Morgan fingerprint density at radius 2 is 2.00 bits per heavy atom. The molecule has 0 spiro atoms. The molecule has 0 bridgehead atoms. The van der Waals surface area contributed by atoms with Gasteiger partial charge in [0, 0.05) is 19.8 Å². The van der Waals surface area contributed by atoms with E-state index in [4.69, 9.17) is 0 Å². The maximum atomic E-state index is 9.98. The maximum Gasteiger partial charge on any atom is 0.200 e. The summed E-state index contributed by atoms with van der Waals surface area (Å²) in [5.41, 5.74) is 2.83. The third-order valence-corrected chi connectivity index (χ3v) is 2.71. The minimum atomic E-state index is 0.251. The Kier molecular flexibility index (Phi) is 3.28. The highest BCUT2D eigenvalue weighted by molar-refractivity contribution is 5.86. The summed E-state index contributed by atoms with van der Waals surface area (Å²) in [5.74, 6) is 0.251. The van der Waals surface area contributed by atoms with Crippen LogP contribution in [0.5, 0.6) is 5.88 Å². The first kappa shape index (κ1) is 11.5. The third-order valence-electron chi connectivity index (χ3n) is 2.71. The van der Waals surface area contributed by atoms with Crippen molar-refractivity contribution in [1.82, 2.24) is 4.57 Å². The predicted octanol–water partition coefficient (Wildman–Crippen LogP) is 2.84. The van der Waals surface area contributed by atoms with E-state index in [-0.39, 0.29) is 5.88 Å². The van der Waals surface area contributed by atoms with E-state index in [1.807, 2.05) is 50.4 Å². The van der Waals surface area contributed by atoms with Crippen molar-refractivity contribution in [2.24, 2.45) is 12.0 Å². The molecule has 0 saturated carbocycles. The molecule has 0 saturated heterocycles. The van der Waals surface area contributed by atoms with Crippen LogP contribution in [0.25, 0.3) is 11.3 Å².